The molecule has 0 saturated carbocycles. The van der Waals surface area contributed by atoms with Gasteiger partial charge in [0.1, 0.15) is 37.0 Å². The summed E-state index contributed by atoms with van der Waals surface area (Å²) in [6.07, 6.45) is -0.723. The topological polar surface area (TPSA) is 555 Å². The summed E-state index contributed by atoms with van der Waals surface area (Å²) < 4.78 is 23.9. The molecule has 8 N–H and O–H groups in total. The number of rotatable bonds is 56. The van der Waals surface area contributed by atoms with Crippen LogP contribution in [0, 0.1) is 23.7 Å². The number of likely N-dealkylation sites (tertiary alicyclic amines) is 1. The summed E-state index contributed by atoms with van der Waals surface area (Å²) in [7, 11) is 18.9. The van der Waals surface area contributed by atoms with E-state index in [1.165, 1.54) is 139 Å². The van der Waals surface area contributed by atoms with Gasteiger partial charge in [0.2, 0.25) is 100 Å². The van der Waals surface area contributed by atoms with E-state index in [1.807, 2.05) is 19.9 Å². The van der Waals surface area contributed by atoms with E-state index in [-0.39, 0.29) is 80.2 Å². The number of methoxy groups -OCH3 is 2. The number of aliphatic hydroxyl groups excluding tert-OH is 1. The molecule has 0 aliphatic carbocycles. The van der Waals surface area contributed by atoms with Gasteiger partial charge in [-0.25, -0.2) is 9.69 Å². The molecule has 3 aromatic carbocycles. The smallest absolute Gasteiger partial charge is 0.410 e. The molecule has 0 bridgehead atoms. The molecule has 144 heavy (non-hydrogen) atoms. The number of amides is 20. The molecule has 2 aliphatic heterocycles. The minimum absolute atomic E-state index is 0.0453. The van der Waals surface area contributed by atoms with Gasteiger partial charge in [0.05, 0.1) is 126 Å². The van der Waals surface area contributed by atoms with Crippen molar-refractivity contribution in [1.82, 2.24) is 79.6 Å². The fraction of sp³-hybridized carbons (Fsp3) is 0.582. The molecule has 794 valence electrons. The molecular weight excluding hydrogens is 1880 g/mol. The number of aryl methyl sites for hydroxylation is 1. The highest BCUT2D eigenvalue weighted by atomic mass is 16.6. The zero-order valence-electron chi connectivity index (χ0n) is 86.6. The van der Waals surface area contributed by atoms with E-state index in [2.05, 4.69) is 21.3 Å². The predicted molar refractivity (Wildman–Crippen MR) is 524 cm³/mol. The number of aliphatic hydroxyl groups is 1. The van der Waals surface area contributed by atoms with Crippen LogP contribution in [0.1, 0.15) is 130 Å². The maximum atomic E-state index is 14.9. The third-order valence-electron chi connectivity index (χ3n) is 25.2. The van der Waals surface area contributed by atoms with E-state index < -0.39 is 257 Å². The highest BCUT2D eigenvalue weighted by Gasteiger charge is 2.45. The van der Waals surface area contributed by atoms with Gasteiger partial charge in [-0.15, -0.1) is 0 Å². The van der Waals surface area contributed by atoms with Crippen molar-refractivity contribution < 1.29 is 130 Å². The van der Waals surface area contributed by atoms with Gasteiger partial charge in [-0.3, -0.25) is 101 Å². The minimum atomic E-state index is -1.50. The lowest BCUT2D eigenvalue weighted by Crippen LogP contribution is -2.60. The number of carbonyl (C=O) groups is 21. The average molecular weight is 2020 g/mol. The molecule has 2 heterocycles. The van der Waals surface area contributed by atoms with Crippen LogP contribution in [0.5, 0.6) is 5.75 Å². The van der Waals surface area contributed by atoms with Gasteiger partial charge >= 0.3 is 12.1 Å². The summed E-state index contributed by atoms with van der Waals surface area (Å²) in [4.78, 5) is 294. The molecule has 1 fully saturated rings. The lowest BCUT2D eigenvalue weighted by molar-refractivity contribution is -0.148. The van der Waals surface area contributed by atoms with Gasteiger partial charge in [-0.2, -0.15) is 0 Å². The van der Waals surface area contributed by atoms with E-state index in [0.29, 0.717) is 42.5 Å². The van der Waals surface area contributed by atoms with E-state index in [0.717, 1.165) is 71.0 Å². The van der Waals surface area contributed by atoms with Gasteiger partial charge in [-0.05, 0) is 85.3 Å². The van der Waals surface area contributed by atoms with E-state index >= 15 is 0 Å². The largest absolute Gasteiger partial charge is 0.493 e. The maximum Gasteiger partial charge on any atom is 0.410 e. The highest BCUT2D eigenvalue weighted by molar-refractivity contribution is 6.28. The van der Waals surface area contributed by atoms with Crippen LogP contribution in [-0.2, 0) is 123 Å². The molecule has 0 unspecified atom stereocenters. The second-order valence-electron chi connectivity index (χ2n) is 37.3. The molecular formula is C98H145N19O27. The molecule has 3 aromatic rings. The maximum absolute atomic E-state index is 14.9. The van der Waals surface area contributed by atoms with Gasteiger partial charge in [0.25, 0.3) is 11.8 Å². The fourth-order valence-corrected chi connectivity index (χ4v) is 16.0. The lowest BCUT2D eigenvalue weighted by Gasteiger charge is -2.41. The van der Waals surface area contributed by atoms with Crippen molar-refractivity contribution >= 4 is 136 Å². The second-order valence-corrected chi connectivity index (χ2v) is 37.3. The molecule has 0 radical (unpaired) electrons. The monoisotopic (exact) mass is 2020 g/mol. The number of hydrogen-bond donors (Lipinski definition) is 7. The number of nitrogens with two attached hydrogens (primary N) is 1. The van der Waals surface area contributed by atoms with Crippen LogP contribution in [0.3, 0.4) is 0 Å². The second kappa shape index (κ2) is 57.3. The minimum Gasteiger partial charge on any atom is -0.493 e. The van der Waals surface area contributed by atoms with Crippen molar-refractivity contribution in [3.8, 4) is 5.75 Å². The first kappa shape index (κ1) is 120. The van der Waals surface area contributed by atoms with Crippen LogP contribution >= 0.6 is 0 Å². The normalized spacial score (nSPS) is 14.8. The molecule has 46 nitrogen and oxygen atoms in total. The van der Waals surface area contributed by atoms with E-state index in [9.17, 15) is 106 Å². The Bertz CT molecular complexity index is 5060. The number of likely N-dealkylation sites (N-methyl/N-ethyl adjacent to an activating group) is 12. The Hall–Kier alpha value is -14.0. The number of nitrogens with one attached hydrogen (secondary N) is 4. The number of primary amides is 1. The number of carboxylic acids is 1. The Balaban J connectivity index is 1.09. The first-order chi connectivity index (χ1) is 67.6. The SMILES string of the molecule is CC[C@H](C)[C@@H]([C@@H](CC(=O)N1CCC[C@H]1[C@H](OC)[C@@H](C)C(=O)N[C@H](C)[C@@H](O)c1ccccc1)OC)N(C)C(=O)[C@@H](NC(=O)[C@H](C(C)C)N(C)C(=O)OCc1ccc(NC(=O)[C@H](CC(N)=O)NC(=O)CCc2ccc(N3C(=O)C=CC3=O)cc2OCCCC(=O)N(C)CC(=O)N(C)CC(=O)N(C)CC(=O)N(C)CC(=O)N(C)CC(=O)N(C)CC(=O)N(C)CC(=O)N(C)CC(=O)N(C)CC(=O)N(C)CC(=O)O)cc1)C(C)C. The van der Waals surface area contributed by atoms with Crippen LogP contribution in [0.2, 0.25) is 0 Å². The molecule has 2 aliphatic rings. The van der Waals surface area contributed by atoms with Crippen molar-refractivity contribution in [2.45, 2.75) is 174 Å². The highest BCUT2D eigenvalue weighted by Crippen LogP contribution is 2.33. The summed E-state index contributed by atoms with van der Waals surface area (Å²) in [5, 5.41) is 31.0. The molecule has 20 amide bonds. The number of carbonyl (C=O) groups excluding carboxylic acids is 20. The molecule has 5 rings (SSSR count). The van der Waals surface area contributed by atoms with Crippen LogP contribution in [0.25, 0.3) is 0 Å². The molecule has 11 atom stereocenters. The molecule has 1 saturated heterocycles. The van der Waals surface area contributed by atoms with Crippen LogP contribution in [0.15, 0.2) is 84.9 Å². The zero-order valence-corrected chi connectivity index (χ0v) is 86.6. The average Bonchev–Trinajstić information content (AvgIpc) is 0.960. The predicted octanol–water partition coefficient (Wildman–Crippen LogP) is -0.232. The summed E-state index contributed by atoms with van der Waals surface area (Å²) in [5.74, 6) is -15.2. The van der Waals surface area contributed by atoms with Gasteiger partial charge in [0, 0.05) is 142 Å². The number of benzene rings is 3. The van der Waals surface area contributed by atoms with Gasteiger partial charge in [-0.1, -0.05) is 103 Å². The Kier molecular flexibility index (Phi) is 47.9. The summed E-state index contributed by atoms with van der Waals surface area (Å²) in [5.41, 5.74) is 7.34. The summed E-state index contributed by atoms with van der Waals surface area (Å²) in [6.45, 7) is 9.11. The first-order valence-electron chi connectivity index (χ1n) is 47.3. The Morgan fingerprint density at radius 1 is 0.521 bits per heavy atom. The number of nitrogens with zero attached hydrogens (tertiary/aromatic N) is 14. The van der Waals surface area contributed by atoms with Crippen molar-refractivity contribution in [3.05, 3.63) is 102 Å². The number of anilines is 2. The van der Waals surface area contributed by atoms with Crippen molar-refractivity contribution in [3.63, 3.8) is 0 Å². The van der Waals surface area contributed by atoms with Crippen LogP contribution in [0.4, 0.5) is 16.2 Å². The Morgan fingerprint density at radius 2 is 0.986 bits per heavy atom. The first-order valence-corrected chi connectivity index (χ1v) is 47.3. The van der Waals surface area contributed by atoms with E-state index in [1.54, 1.807) is 77.8 Å². The lowest BCUT2D eigenvalue weighted by atomic mass is 9.89. The number of imide groups is 1. The molecule has 0 aromatic heterocycles. The zero-order chi connectivity index (χ0) is 108. The fourth-order valence-electron chi connectivity index (χ4n) is 16.0. The third kappa shape index (κ3) is 36.1. The van der Waals surface area contributed by atoms with Crippen molar-refractivity contribution in [2.75, 3.05) is 188 Å². The Labute approximate surface area is 840 Å². The summed E-state index contributed by atoms with van der Waals surface area (Å²) in [6, 6.07) is 13.8. The van der Waals surface area contributed by atoms with Crippen molar-refractivity contribution in [1.29, 1.82) is 0 Å². The Morgan fingerprint density at radius 3 is 1.42 bits per heavy atom. The number of hydrogen-bond acceptors (Lipinski definition) is 26. The quantitative estimate of drug-likeness (QED) is 0.0283. The third-order valence-corrected chi connectivity index (χ3v) is 25.2. The van der Waals surface area contributed by atoms with Crippen molar-refractivity contribution in [2.24, 2.45) is 29.4 Å². The number of carboxylic acid groups (broad SMARTS) is 1. The van der Waals surface area contributed by atoms with Crippen LogP contribution in [-0.4, -0.2) is 424 Å². The van der Waals surface area contributed by atoms with Crippen LogP contribution < -0.4 is 36.6 Å². The molecule has 0 spiro atoms. The number of ether oxygens (including phenoxy) is 4. The number of aliphatic carboxylic acids is 1. The van der Waals surface area contributed by atoms with Gasteiger partial charge < -0.3 is 115 Å². The standard InChI is InChI=1S/C98H145N19O27/c1-23-61(6)91(72(141-21)47-78(123)116-43-27-31-70(116)93(142-22)62(7)94(136)100-63(8)92(135)66-29-25-24-26-30-66)114(19)97(139)89(59(2)3)103-96(138)90(60(4)5)115(20)98(140)144-58-64-33-37-67(38-34-64)101-95(137)69(46-73(99)118)102-74(119)40-36-65-35-39-68(117-76(121)41-42-77(117)122)45-71(65)143-44-28-32-75(120)104(9)48-79(124)105(10)49-80(125)106(11)50-81(126)107(12)51-82(127)108(13)52-83(128)109(14)53-84(129)110(15)54-85(130)111(16)55-86(131)112(17)56-87(132)113(18)57-88(133)134/h24-26,29-30,33-35,37-39,41-42,45,59-63,69-70,72,89-93,135H,23,27-28,31-32,36,40,43-44,46-58H2,1-22H3,(H2,99,118)(H,100,136)(H,101,137)(H,102,119)(H,103,138)(H,133,134)/t61-,62+,63+,69-,70-,72+,89-,90-,91-,92+,93+/m0/s1. The van der Waals surface area contributed by atoms with Gasteiger partial charge in [0.15, 0.2) is 0 Å². The van der Waals surface area contributed by atoms with E-state index in [4.69, 9.17) is 29.8 Å². The summed E-state index contributed by atoms with van der Waals surface area (Å²) >= 11 is 0. The molecule has 46 heteroatoms.